The van der Waals surface area contributed by atoms with Crippen LogP contribution < -0.4 is 5.32 Å². The highest BCUT2D eigenvalue weighted by molar-refractivity contribution is 14.0. The lowest BCUT2D eigenvalue weighted by Crippen LogP contribution is -2.40. The molecule has 2 atom stereocenters. The van der Waals surface area contributed by atoms with Gasteiger partial charge in [-0.05, 0) is 32.6 Å². The minimum absolute atomic E-state index is 0. The molecule has 1 heterocycles. The highest BCUT2D eigenvalue weighted by Gasteiger charge is 2.22. The average molecular weight is 413 g/mol. The molecule has 1 unspecified atom stereocenters. The normalized spacial score (nSPS) is 20.6. The van der Waals surface area contributed by atoms with Crippen molar-refractivity contribution >= 4 is 29.9 Å². The molecule has 2 N–H and O–H groups in total. The third-order valence-corrected chi connectivity index (χ3v) is 3.60. The number of rotatable bonds is 7. The molecular weight excluding hydrogens is 381 g/mol. The van der Waals surface area contributed by atoms with Crippen molar-refractivity contribution in [2.45, 2.75) is 52.7 Å². The van der Waals surface area contributed by atoms with Crippen LogP contribution in [0, 0.1) is 5.92 Å². The van der Waals surface area contributed by atoms with Gasteiger partial charge in [-0.1, -0.05) is 13.8 Å². The number of halogens is 1. The van der Waals surface area contributed by atoms with Crippen LogP contribution in [0.5, 0.6) is 0 Å². The Morgan fingerprint density at radius 3 is 2.62 bits per heavy atom. The quantitative estimate of drug-likeness (QED) is 0.381. The summed E-state index contributed by atoms with van der Waals surface area (Å²) in [5, 5.41) is 12.9. The maximum atomic E-state index is 9.63. The summed E-state index contributed by atoms with van der Waals surface area (Å²) in [5.41, 5.74) is 0. The van der Waals surface area contributed by atoms with Crippen molar-refractivity contribution in [3.63, 3.8) is 0 Å². The molecule has 1 saturated heterocycles. The zero-order valence-electron chi connectivity index (χ0n) is 13.8. The fourth-order valence-electron chi connectivity index (χ4n) is 2.48. The van der Waals surface area contributed by atoms with E-state index in [0.717, 1.165) is 45.0 Å². The van der Waals surface area contributed by atoms with E-state index in [1.165, 1.54) is 0 Å². The van der Waals surface area contributed by atoms with Crippen LogP contribution >= 0.6 is 24.0 Å². The minimum atomic E-state index is -0.217. The number of β-amino-alcohol motifs (C(OH)–C–C–N with tert-alkyl or cyclic N) is 1. The second-order valence-electron chi connectivity index (χ2n) is 5.65. The largest absolute Gasteiger partial charge is 0.391 e. The monoisotopic (exact) mass is 413 g/mol. The van der Waals surface area contributed by atoms with Crippen LogP contribution in [0.1, 0.15) is 40.5 Å². The van der Waals surface area contributed by atoms with E-state index in [2.05, 4.69) is 36.0 Å². The van der Waals surface area contributed by atoms with Crippen LogP contribution in [-0.2, 0) is 4.74 Å². The summed E-state index contributed by atoms with van der Waals surface area (Å²) < 4.78 is 5.74. The lowest BCUT2D eigenvalue weighted by atomic mass is 10.0. The van der Waals surface area contributed by atoms with Crippen LogP contribution in [0.3, 0.4) is 0 Å². The average Bonchev–Trinajstić information content (AvgIpc) is 2.83. The Kier molecular flexibility index (Phi) is 11.4. The van der Waals surface area contributed by atoms with Crippen molar-refractivity contribution in [2.24, 2.45) is 10.9 Å². The summed E-state index contributed by atoms with van der Waals surface area (Å²) in [6.07, 6.45) is 1.83. The van der Waals surface area contributed by atoms with E-state index in [1.54, 1.807) is 0 Å². The summed E-state index contributed by atoms with van der Waals surface area (Å²) in [4.78, 5) is 6.81. The van der Waals surface area contributed by atoms with Crippen LogP contribution in [0.15, 0.2) is 4.99 Å². The molecule has 126 valence electrons. The number of ether oxygens (including phenoxy) is 1. The number of hydrogen-bond donors (Lipinski definition) is 2. The van der Waals surface area contributed by atoms with Gasteiger partial charge in [0.25, 0.3) is 0 Å². The van der Waals surface area contributed by atoms with Gasteiger partial charge in [0.1, 0.15) is 0 Å². The Hall–Kier alpha value is -0.0800. The molecule has 0 amide bonds. The fourth-order valence-corrected chi connectivity index (χ4v) is 2.48. The van der Waals surface area contributed by atoms with Crippen LogP contribution in [0.25, 0.3) is 0 Å². The third kappa shape index (κ3) is 7.65. The molecular formula is C15H32IN3O2. The number of nitrogens with one attached hydrogen (secondary N) is 1. The molecule has 0 aromatic carbocycles. The second-order valence-corrected chi connectivity index (χ2v) is 5.65. The van der Waals surface area contributed by atoms with Crippen LogP contribution in [0.2, 0.25) is 0 Å². The summed E-state index contributed by atoms with van der Waals surface area (Å²) >= 11 is 0. The lowest BCUT2D eigenvalue weighted by Gasteiger charge is -2.22. The molecule has 0 radical (unpaired) electrons. The molecule has 0 aliphatic carbocycles. The van der Waals surface area contributed by atoms with Crippen molar-refractivity contribution in [3.8, 4) is 0 Å². The lowest BCUT2D eigenvalue weighted by molar-refractivity contribution is 0.0266. The molecule has 1 aliphatic heterocycles. The first kappa shape index (κ1) is 20.9. The Labute approximate surface area is 146 Å². The zero-order chi connectivity index (χ0) is 15.0. The Morgan fingerprint density at radius 1 is 1.43 bits per heavy atom. The molecule has 0 bridgehead atoms. The number of nitrogens with zero attached hydrogens (tertiary/aromatic N) is 2. The van der Waals surface area contributed by atoms with Crippen LogP contribution in [0.4, 0.5) is 0 Å². The molecule has 0 aromatic heterocycles. The van der Waals surface area contributed by atoms with Gasteiger partial charge in [0.15, 0.2) is 5.96 Å². The first-order valence-corrected chi connectivity index (χ1v) is 7.91. The topological polar surface area (TPSA) is 57.1 Å². The minimum Gasteiger partial charge on any atom is -0.391 e. The van der Waals surface area contributed by atoms with E-state index in [4.69, 9.17) is 4.74 Å². The first-order chi connectivity index (χ1) is 9.58. The Balaban J connectivity index is 0.00000400. The van der Waals surface area contributed by atoms with Gasteiger partial charge in [-0.15, -0.1) is 24.0 Å². The van der Waals surface area contributed by atoms with Gasteiger partial charge >= 0.3 is 0 Å². The van der Waals surface area contributed by atoms with Gasteiger partial charge in [-0.25, -0.2) is 0 Å². The maximum absolute atomic E-state index is 9.63. The Morgan fingerprint density at radius 2 is 2.14 bits per heavy atom. The zero-order valence-corrected chi connectivity index (χ0v) is 16.2. The van der Waals surface area contributed by atoms with E-state index in [-0.39, 0.29) is 36.2 Å². The van der Waals surface area contributed by atoms with E-state index >= 15 is 0 Å². The summed E-state index contributed by atoms with van der Waals surface area (Å²) in [6, 6.07) is 0. The number of likely N-dealkylation sites (tertiary alicyclic amines) is 1. The standard InChI is InChI=1S/C15H31N3O2.HI/c1-5-16-15(18-10-8-13(19)11-18)17-9-7-14(12(3)4)20-6-2;/h12-14,19H,5-11H2,1-4H3,(H,16,17);1H/t13-,14?;/m1./s1. The number of aliphatic hydroxyl groups excluding tert-OH is 1. The van der Waals surface area contributed by atoms with E-state index in [9.17, 15) is 5.11 Å². The molecule has 1 rings (SSSR count). The van der Waals surface area contributed by atoms with E-state index in [1.807, 2.05) is 6.92 Å². The smallest absolute Gasteiger partial charge is 0.194 e. The highest BCUT2D eigenvalue weighted by atomic mass is 127. The number of aliphatic hydroxyl groups is 1. The van der Waals surface area contributed by atoms with E-state index in [0.29, 0.717) is 12.5 Å². The molecule has 0 saturated carbocycles. The molecule has 1 fully saturated rings. The summed E-state index contributed by atoms with van der Waals surface area (Å²) in [7, 11) is 0. The number of aliphatic imine (C=N–C) groups is 1. The fraction of sp³-hybridized carbons (Fsp3) is 0.933. The molecule has 1 aliphatic rings. The van der Waals surface area contributed by atoms with Gasteiger partial charge in [0.05, 0.1) is 12.2 Å². The van der Waals surface area contributed by atoms with Crippen molar-refractivity contribution < 1.29 is 9.84 Å². The van der Waals surface area contributed by atoms with Crippen LogP contribution in [-0.4, -0.2) is 61.0 Å². The van der Waals surface area contributed by atoms with Gasteiger partial charge in [-0.2, -0.15) is 0 Å². The SMILES string of the molecule is CCNC(=NCCC(OCC)C(C)C)N1CC[C@@H](O)C1.I. The third-order valence-electron chi connectivity index (χ3n) is 3.60. The number of guanidine groups is 1. The summed E-state index contributed by atoms with van der Waals surface area (Å²) in [5.74, 6) is 1.43. The maximum Gasteiger partial charge on any atom is 0.194 e. The molecule has 5 nitrogen and oxygen atoms in total. The van der Waals surface area contributed by atoms with Crippen molar-refractivity contribution in [1.29, 1.82) is 0 Å². The first-order valence-electron chi connectivity index (χ1n) is 7.91. The van der Waals surface area contributed by atoms with E-state index < -0.39 is 0 Å². The Bertz CT molecular complexity index is 301. The number of hydrogen-bond acceptors (Lipinski definition) is 3. The van der Waals surface area contributed by atoms with Crippen molar-refractivity contribution in [2.75, 3.05) is 32.8 Å². The van der Waals surface area contributed by atoms with Crippen molar-refractivity contribution in [1.82, 2.24) is 10.2 Å². The van der Waals surface area contributed by atoms with Gasteiger partial charge in [-0.3, -0.25) is 4.99 Å². The van der Waals surface area contributed by atoms with Crippen molar-refractivity contribution in [3.05, 3.63) is 0 Å². The molecule has 0 spiro atoms. The van der Waals surface area contributed by atoms with Gasteiger partial charge in [0.2, 0.25) is 0 Å². The second kappa shape index (κ2) is 11.5. The molecule has 21 heavy (non-hydrogen) atoms. The predicted molar refractivity (Wildman–Crippen MR) is 98.5 cm³/mol. The van der Waals surface area contributed by atoms with Gasteiger partial charge in [0, 0.05) is 32.8 Å². The highest BCUT2D eigenvalue weighted by Crippen LogP contribution is 2.12. The molecule has 6 heteroatoms. The summed E-state index contributed by atoms with van der Waals surface area (Å²) in [6.45, 7) is 12.4. The predicted octanol–water partition coefficient (Wildman–Crippen LogP) is 2.09. The molecule has 0 aromatic rings. The van der Waals surface area contributed by atoms with Gasteiger partial charge < -0.3 is 20.1 Å².